The first kappa shape index (κ1) is 33.3. The molecular formula is C56H38. The highest BCUT2D eigenvalue weighted by Gasteiger charge is 2.18. The van der Waals surface area contributed by atoms with E-state index in [4.69, 9.17) is 0 Å². The summed E-state index contributed by atoms with van der Waals surface area (Å²) in [5, 5.41) is 7.55. The molecule has 0 aliphatic carbocycles. The third kappa shape index (κ3) is 6.28. The summed E-state index contributed by atoms with van der Waals surface area (Å²) in [6, 6.07) is 79.4. The van der Waals surface area contributed by atoms with Crippen molar-refractivity contribution in [1.82, 2.24) is 0 Å². The van der Waals surface area contributed by atoms with Crippen molar-refractivity contribution in [3.8, 4) is 55.6 Å². The van der Waals surface area contributed by atoms with E-state index in [1.807, 2.05) is 0 Å². The molecule has 0 heterocycles. The van der Waals surface area contributed by atoms with Crippen LogP contribution in [0.5, 0.6) is 0 Å². The van der Waals surface area contributed by atoms with E-state index in [0.717, 1.165) is 0 Å². The molecule has 0 radical (unpaired) electrons. The van der Waals surface area contributed by atoms with Crippen molar-refractivity contribution >= 4 is 44.5 Å². The maximum absolute atomic E-state index is 2.37. The first-order chi connectivity index (χ1) is 27.8. The molecule has 0 heteroatoms. The quantitative estimate of drug-likeness (QED) is 0.114. The van der Waals surface area contributed by atoms with Gasteiger partial charge in [-0.1, -0.05) is 212 Å². The number of hydrogen-bond acceptors (Lipinski definition) is 0. The van der Waals surface area contributed by atoms with E-state index >= 15 is 0 Å². The van der Waals surface area contributed by atoms with Crippen molar-refractivity contribution in [3.63, 3.8) is 0 Å². The summed E-state index contributed by atoms with van der Waals surface area (Å²) in [5.41, 5.74) is 14.6. The molecule has 0 saturated carbocycles. The first-order valence-electron chi connectivity index (χ1n) is 19.3. The van der Waals surface area contributed by atoms with Gasteiger partial charge in [-0.05, 0) is 117 Å². The van der Waals surface area contributed by atoms with E-state index in [2.05, 4.69) is 231 Å². The molecule has 0 bridgehead atoms. The molecule has 0 atom stereocenters. The summed E-state index contributed by atoms with van der Waals surface area (Å²) in [6.45, 7) is 0. The van der Waals surface area contributed by atoms with Gasteiger partial charge < -0.3 is 0 Å². The number of fused-ring (bicyclic) bond motifs is 3. The Kier molecular flexibility index (Phi) is 8.63. The van der Waals surface area contributed by atoms with Crippen LogP contribution >= 0.6 is 0 Å². The maximum Gasteiger partial charge on any atom is -0.00259 e. The van der Waals surface area contributed by atoms with Gasteiger partial charge in [0.1, 0.15) is 0 Å². The summed E-state index contributed by atoms with van der Waals surface area (Å²) in [5.74, 6) is 0. The van der Waals surface area contributed by atoms with Crippen LogP contribution in [0.4, 0.5) is 0 Å². The smallest absolute Gasteiger partial charge is 0.00259 e. The topological polar surface area (TPSA) is 0 Å². The van der Waals surface area contributed by atoms with Gasteiger partial charge in [-0.2, -0.15) is 0 Å². The summed E-state index contributed by atoms with van der Waals surface area (Å²) in [7, 11) is 0. The van der Waals surface area contributed by atoms with E-state index in [-0.39, 0.29) is 0 Å². The van der Waals surface area contributed by atoms with Gasteiger partial charge in [0.25, 0.3) is 0 Å². The zero-order valence-electron chi connectivity index (χ0n) is 30.9. The molecule has 0 amide bonds. The van der Waals surface area contributed by atoms with Crippen molar-refractivity contribution < 1.29 is 0 Å². The van der Waals surface area contributed by atoms with Gasteiger partial charge >= 0.3 is 0 Å². The van der Waals surface area contributed by atoms with Gasteiger partial charge in [0.2, 0.25) is 0 Å². The van der Waals surface area contributed by atoms with Crippen LogP contribution in [-0.4, -0.2) is 0 Å². The second-order valence-corrected chi connectivity index (χ2v) is 14.5. The Hall–Kier alpha value is -7.28. The third-order valence-electron chi connectivity index (χ3n) is 11.0. The minimum Gasteiger partial charge on any atom is -0.0622 e. The lowest BCUT2D eigenvalue weighted by Gasteiger charge is -2.19. The number of hydrogen-bond donors (Lipinski definition) is 0. The molecule has 10 rings (SSSR count). The number of rotatable bonds is 7. The lowest BCUT2D eigenvalue weighted by atomic mass is 9.84. The molecule has 0 aliphatic rings. The van der Waals surface area contributed by atoms with Crippen molar-refractivity contribution in [1.29, 1.82) is 0 Å². The third-order valence-corrected chi connectivity index (χ3v) is 11.0. The SMILES string of the molecule is C(=C\c1ccc(-c2c3ccccc3c(-c3cc(-c4ccccc4)cc(-c4ccccc4)c3)c3ccccc23)cc1)/c1ccc(-c2cccc3ccccc23)cc1. The van der Waals surface area contributed by atoms with Crippen molar-refractivity contribution in [2.75, 3.05) is 0 Å². The average molecular weight is 711 g/mol. The van der Waals surface area contributed by atoms with Crippen molar-refractivity contribution in [2.45, 2.75) is 0 Å². The second kappa shape index (κ2) is 14.5. The molecular weight excluding hydrogens is 673 g/mol. The van der Waals surface area contributed by atoms with Gasteiger partial charge in [0.15, 0.2) is 0 Å². The Morgan fingerprint density at radius 1 is 0.232 bits per heavy atom. The monoisotopic (exact) mass is 710 g/mol. The fourth-order valence-electron chi connectivity index (χ4n) is 8.32. The average Bonchev–Trinajstić information content (AvgIpc) is 3.28. The second-order valence-electron chi connectivity index (χ2n) is 14.5. The van der Waals surface area contributed by atoms with Gasteiger partial charge in [0, 0.05) is 0 Å². The first-order valence-corrected chi connectivity index (χ1v) is 19.3. The standard InChI is InChI=1S/C56H38/c1-3-14-41(15-4-1)46-36-47(42-16-5-2-6-17-42)38-48(37-46)56-53-23-11-9-21-51(53)55(52-22-10-12-24-54(52)56)45-34-30-40(31-35-45)27-26-39-28-32-44(33-29-39)50-25-13-19-43-18-7-8-20-49(43)50/h1-38H/b27-26+. The highest BCUT2D eigenvalue weighted by atomic mass is 14.2. The zero-order chi connectivity index (χ0) is 37.3. The molecule has 0 saturated heterocycles. The summed E-state index contributed by atoms with van der Waals surface area (Å²) >= 11 is 0. The highest BCUT2D eigenvalue weighted by Crippen LogP contribution is 2.45. The van der Waals surface area contributed by atoms with Crippen LogP contribution in [-0.2, 0) is 0 Å². The Morgan fingerprint density at radius 2 is 0.625 bits per heavy atom. The predicted molar refractivity (Wildman–Crippen MR) is 242 cm³/mol. The van der Waals surface area contributed by atoms with E-state index in [0.29, 0.717) is 0 Å². The Bertz CT molecular complexity index is 2900. The van der Waals surface area contributed by atoms with E-state index in [1.165, 1.54) is 99.1 Å². The Labute approximate surface area is 328 Å². The molecule has 0 unspecified atom stereocenters. The molecule has 56 heavy (non-hydrogen) atoms. The maximum atomic E-state index is 2.37. The van der Waals surface area contributed by atoms with E-state index in [1.54, 1.807) is 0 Å². The summed E-state index contributed by atoms with van der Waals surface area (Å²) in [4.78, 5) is 0. The molecule has 0 aliphatic heterocycles. The molecule has 262 valence electrons. The van der Waals surface area contributed by atoms with Gasteiger partial charge in [-0.15, -0.1) is 0 Å². The van der Waals surface area contributed by atoms with Crippen LogP contribution in [0.1, 0.15) is 11.1 Å². The normalized spacial score (nSPS) is 11.5. The van der Waals surface area contributed by atoms with Gasteiger partial charge in [-0.3, -0.25) is 0 Å². The van der Waals surface area contributed by atoms with Crippen LogP contribution in [0.15, 0.2) is 218 Å². The van der Waals surface area contributed by atoms with Gasteiger partial charge in [0.05, 0.1) is 0 Å². The minimum absolute atomic E-state index is 1.17. The largest absolute Gasteiger partial charge is 0.0622 e. The molecule has 10 aromatic rings. The van der Waals surface area contributed by atoms with Crippen LogP contribution in [0.3, 0.4) is 0 Å². The summed E-state index contributed by atoms with van der Waals surface area (Å²) < 4.78 is 0. The minimum atomic E-state index is 1.17. The predicted octanol–water partition coefficient (Wildman–Crippen LogP) is 15.7. The van der Waals surface area contributed by atoms with Crippen LogP contribution in [0.2, 0.25) is 0 Å². The molecule has 0 fully saturated rings. The zero-order valence-corrected chi connectivity index (χ0v) is 30.9. The number of benzene rings is 10. The lowest BCUT2D eigenvalue weighted by Crippen LogP contribution is -1.92. The van der Waals surface area contributed by atoms with Crippen LogP contribution in [0.25, 0.3) is 100 Å². The van der Waals surface area contributed by atoms with E-state index in [9.17, 15) is 0 Å². The summed E-state index contributed by atoms with van der Waals surface area (Å²) in [6.07, 6.45) is 4.41. The van der Waals surface area contributed by atoms with Crippen LogP contribution in [0, 0.1) is 0 Å². The van der Waals surface area contributed by atoms with Crippen LogP contribution < -0.4 is 0 Å². The molecule has 0 aromatic heterocycles. The van der Waals surface area contributed by atoms with Crippen molar-refractivity contribution in [2.24, 2.45) is 0 Å². The lowest BCUT2D eigenvalue weighted by molar-refractivity contribution is 1.58. The molecule has 10 aromatic carbocycles. The Balaban J connectivity index is 1.03. The van der Waals surface area contributed by atoms with E-state index < -0.39 is 0 Å². The fourth-order valence-corrected chi connectivity index (χ4v) is 8.32. The molecule has 0 nitrogen and oxygen atoms in total. The molecule has 0 N–H and O–H groups in total. The van der Waals surface area contributed by atoms with Gasteiger partial charge in [-0.25, -0.2) is 0 Å². The highest BCUT2D eigenvalue weighted by molar-refractivity contribution is 6.21. The molecule has 0 spiro atoms. The van der Waals surface area contributed by atoms with Crippen molar-refractivity contribution in [3.05, 3.63) is 230 Å². The Morgan fingerprint density at radius 3 is 1.14 bits per heavy atom. The fraction of sp³-hybridized carbons (Fsp3) is 0.